The molecule has 2 atom stereocenters. The van der Waals surface area contributed by atoms with Gasteiger partial charge in [-0.3, -0.25) is 9.48 Å². The number of benzene rings is 1. The maximum absolute atomic E-state index is 12.2. The van der Waals surface area contributed by atoms with Crippen molar-refractivity contribution in [2.24, 2.45) is 0 Å². The molecule has 0 aliphatic heterocycles. The monoisotopic (exact) mass is 317 g/mol. The van der Waals surface area contributed by atoms with Crippen molar-refractivity contribution in [1.29, 1.82) is 0 Å². The lowest BCUT2D eigenvalue weighted by Crippen LogP contribution is -2.27. The van der Waals surface area contributed by atoms with Crippen molar-refractivity contribution in [3.05, 3.63) is 47.8 Å². The Kier molecular flexibility index (Phi) is 5.00. The Morgan fingerprint density at radius 1 is 1.22 bits per heavy atom. The van der Waals surface area contributed by atoms with Crippen molar-refractivity contribution >= 4 is 11.9 Å². The number of ether oxygens (including phenoxy) is 1. The van der Waals surface area contributed by atoms with Gasteiger partial charge in [-0.25, -0.2) is 4.79 Å². The van der Waals surface area contributed by atoms with Gasteiger partial charge in [-0.2, -0.15) is 5.10 Å². The summed E-state index contributed by atoms with van der Waals surface area (Å²) in [7, 11) is 1.59. The number of nitrogens with zero attached hydrogens (tertiary/aromatic N) is 2. The normalized spacial score (nSPS) is 13.2. The predicted molar refractivity (Wildman–Crippen MR) is 83.4 cm³/mol. The molecule has 7 heteroatoms. The average Bonchev–Trinajstić information content (AvgIpc) is 3.04. The zero-order chi connectivity index (χ0) is 17.0. The first-order valence-corrected chi connectivity index (χ1v) is 7.15. The van der Waals surface area contributed by atoms with Gasteiger partial charge in [0.1, 0.15) is 17.5 Å². The number of nitrogens with one attached hydrogen (secondary N) is 1. The van der Waals surface area contributed by atoms with Gasteiger partial charge in [-0.05, 0) is 37.6 Å². The highest BCUT2D eigenvalue weighted by Gasteiger charge is 2.18. The quantitative estimate of drug-likeness (QED) is 0.850. The minimum Gasteiger partial charge on any atom is -0.497 e. The van der Waals surface area contributed by atoms with Gasteiger partial charge < -0.3 is 15.2 Å². The van der Waals surface area contributed by atoms with Gasteiger partial charge in [0.25, 0.3) is 5.91 Å². The molecule has 122 valence electrons. The Morgan fingerprint density at radius 3 is 2.43 bits per heavy atom. The smallest absolute Gasteiger partial charge is 0.328 e. The van der Waals surface area contributed by atoms with Gasteiger partial charge in [0, 0.05) is 6.20 Å². The zero-order valence-electron chi connectivity index (χ0n) is 13.2. The third kappa shape index (κ3) is 3.88. The summed E-state index contributed by atoms with van der Waals surface area (Å²) in [6.45, 7) is 3.35. The molecule has 0 aliphatic carbocycles. The Labute approximate surface area is 133 Å². The molecule has 2 N–H and O–H groups in total. The molecule has 1 aromatic carbocycles. The molecule has 1 amide bonds. The predicted octanol–water partition coefficient (Wildman–Crippen LogP) is 2.03. The van der Waals surface area contributed by atoms with Crippen LogP contribution in [0.5, 0.6) is 5.75 Å². The van der Waals surface area contributed by atoms with Crippen LogP contribution in [-0.2, 0) is 4.79 Å². The Balaban J connectivity index is 2.04. The van der Waals surface area contributed by atoms with Crippen molar-refractivity contribution in [3.8, 4) is 5.75 Å². The maximum atomic E-state index is 12.2. The fraction of sp³-hybridized carbons (Fsp3) is 0.312. The van der Waals surface area contributed by atoms with Crippen LogP contribution in [0.4, 0.5) is 0 Å². The minimum absolute atomic E-state index is 0.179. The van der Waals surface area contributed by atoms with E-state index < -0.39 is 12.0 Å². The number of aromatic nitrogens is 2. The highest BCUT2D eigenvalue weighted by Crippen LogP contribution is 2.17. The third-order valence-electron chi connectivity index (χ3n) is 3.56. The van der Waals surface area contributed by atoms with E-state index in [0.717, 1.165) is 11.3 Å². The van der Waals surface area contributed by atoms with E-state index in [2.05, 4.69) is 10.4 Å². The number of rotatable bonds is 6. The van der Waals surface area contributed by atoms with Crippen molar-refractivity contribution < 1.29 is 19.4 Å². The number of carbonyl (C=O) groups is 2. The van der Waals surface area contributed by atoms with E-state index in [1.54, 1.807) is 7.11 Å². The van der Waals surface area contributed by atoms with E-state index in [1.165, 1.54) is 23.9 Å². The van der Waals surface area contributed by atoms with E-state index in [4.69, 9.17) is 9.84 Å². The number of hydrogen-bond acceptors (Lipinski definition) is 4. The van der Waals surface area contributed by atoms with Crippen LogP contribution >= 0.6 is 0 Å². The van der Waals surface area contributed by atoms with Crippen LogP contribution in [0, 0.1) is 0 Å². The first-order chi connectivity index (χ1) is 10.9. The number of methoxy groups -OCH3 is 1. The topological polar surface area (TPSA) is 93.5 Å². The van der Waals surface area contributed by atoms with E-state index in [-0.39, 0.29) is 17.6 Å². The number of carbonyl (C=O) groups excluding carboxylic acids is 1. The van der Waals surface area contributed by atoms with Gasteiger partial charge in [-0.15, -0.1) is 0 Å². The van der Waals surface area contributed by atoms with E-state index >= 15 is 0 Å². The van der Waals surface area contributed by atoms with Crippen LogP contribution in [0.25, 0.3) is 0 Å². The molecule has 7 nitrogen and oxygen atoms in total. The van der Waals surface area contributed by atoms with Crippen molar-refractivity contribution in [3.63, 3.8) is 0 Å². The van der Waals surface area contributed by atoms with Crippen LogP contribution in [-0.4, -0.2) is 33.9 Å². The summed E-state index contributed by atoms with van der Waals surface area (Å²) in [5.41, 5.74) is 1.11. The van der Waals surface area contributed by atoms with Crippen LogP contribution in [0.3, 0.4) is 0 Å². The first kappa shape index (κ1) is 16.5. The lowest BCUT2D eigenvalue weighted by Gasteiger charge is -2.14. The van der Waals surface area contributed by atoms with Crippen LogP contribution < -0.4 is 10.1 Å². The maximum Gasteiger partial charge on any atom is 0.328 e. The second kappa shape index (κ2) is 6.95. The van der Waals surface area contributed by atoms with Crippen molar-refractivity contribution in [1.82, 2.24) is 15.1 Å². The average molecular weight is 317 g/mol. The molecular formula is C16H19N3O4. The molecule has 0 fully saturated rings. The summed E-state index contributed by atoms with van der Waals surface area (Å²) in [4.78, 5) is 23.1. The zero-order valence-corrected chi connectivity index (χ0v) is 13.2. The van der Waals surface area contributed by atoms with Crippen LogP contribution in [0.2, 0.25) is 0 Å². The Bertz CT molecular complexity index is 694. The van der Waals surface area contributed by atoms with Crippen molar-refractivity contribution in [2.75, 3.05) is 7.11 Å². The summed E-state index contributed by atoms with van der Waals surface area (Å²) < 4.78 is 6.34. The van der Waals surface area contributed by atoms with Crippen LogP contribution in [0.15, 0.2) is 36.5 Å². The standard InChI is InChI=1S/C16H19N3O4/c1-10(12-4-6-13(23-3)7-5-12)17-15(20)14-8-9-19(18-14)11(2)16(21)22/h4-11H,1-3H3,(H,17,20)(H,21,22). The SMILES string of the molecule is COc1ccc(C(C)NC(=O)c2ccn(C(C)C(=O)O)n2)cc1. The lowest BCUT2D eigenvalue weighted by molar-refractivity contribution is -0.140. The molecule has 2 rings (SSSR count). The Morgan fingerprint density at radius 2 is 1.87 bits per heavy atom. The summed E-state index contributed by atoms with van der Waals surface area (Å²) >= 11 is 0. The minimum atomic E-state index is -1.01. The molecule has 2 unspecified atom stereocenters. The molecule has 0 saturated carbocycles. The first-order valence-electron chi connectivity index (χ1n) is 7.15. The molecule has 1 aromatic heterocycles. The fourth-order valence-electron chi connectivity index (χ4n) is 2.03. The third-order valence-corrected chi connectivity index (χ3v) is 3.56. The van der Waals surface area contributed by atoms with Crippen LogP contribution in [0.1, 0.15) is 42.0 Å². The Hall–Kier alpha value is -2.83. The highest BCUT2D eigenvalue weighted by molar-refractivity contribution is 5.92. The largest absolute Gasteiger partial charge is 0.497 e. The summed E-state index contributed by atoms with van der Waals surface area (Å²) in [5, 5.41) is 15.8. The molecule has 0 saturated heterocycles. The highest BCUT2D eigenvalue weighted by atomic mass is 16.5. The van der Waals surface area contributed by atoms with Gasteiger partial charge in [0.2, 0.25) is 0 Å². The van der Waals surface area contributed by atoms with E-state index in [9.17, 15) is 9.59 Å². The summed E-state index contributed by atoms with van der Waals surface area (Å²) in [5.74, 6) is -0.620. The van der Waals surface area contributed by atoms with Gasteiger partial charge in [0.05, 0.1) is 13.2 Å². The number of carboxylic acids is 1. The number of carboxylic acid groups (broad SMARTS) is 1. The molecule has 1 heterocycles. The summed E-state index contributed by atoms with van der Waals surface area (Å²) in [6.07, 6.45) is 1.48. The van der Waals surface area contributed by atoms with Crippen molar-refractivity contribution in [2.45, 2.75) is 25.9 Å². The van der Waals surface area contributed by atoms with Gasteiger partial charge in [0.15, 0.2) is 0 Å². The molecule has 0 aliphatic rings. The number of amides is 1. The van der Waals surface area contributed by atoms with E-state index in [1.807, 2.05) is 31.2 Å². The van der Waals surface area contributed by atoms with E-state index in [0.29, 0.717) is 0 Å². The fourth-order valence-corrected chi connectivity index (χ4v) is 2.03. The molecule has 0 radical (unpaired) electrons. The van der Waals surface area contributed by atoms with Gasteiger partial charge in [-0.1, -0.05) is 12.1 Å². The molecule has 2 aromatic rings. The summed E-state index contributed by atoms with van der Waals surface area (Å²) in [6, 6.07) is 7.84. The molecule has 0 spiro atoms. The lowest BCUT2D eigenvalue weighted by atomic mass is 10.1. The molecular weight excluding hydrogens is 298 g/mol. The second-order valence-electron chi connectivity index (χ2n) is 5.16. The number of aliphatic carboxylic acids is 1. The second-order valence-corrected chi connectivity index (χ2v) is 5.16. The van der Waals surface area contributed by atoms with Gasteiger partial charge >= 0.3 is 5.97 Å². The molecule has 0 bridgehead atoms. The number of hydrogen-bond donors (Lipinski definition) is 2. The molecule has 23 heavy (non-hydrogen) atoms.